The van der Waals surface area contributed by atoms with E-state index < -0.39 is 5.60 Å². The van der Waals surface area contributed by atoms with Gasteiger partial charge in [0, 0.05) is 50.9 Å². The highest BCUT2D eigenvalue weighted by atomic mass is 16.6. The molecule has 0 unspecified atom stereocenters. The van der Waals surface area contributed by atoms with Crippen LogP contribution in [0.4, 0.5) is 28.1 Å². The monoisotopic (exact) mass is 520 g/mol. The number of hydrogen-bond donors (Lipinski definition) is 1. The van der Waals surface area contributed by atoms with Crippen LogP contribution in [-0.4, -0.2) is 95.3 Å². The Morgan fingerprint density at radius 2 is 1.76 bits per heavy atom. The smallest absolute Gasteiger partial charge is 0.410 e. The van der Waals surface area contributed by atoms with Gasteiger partial charge in [-0.05, 0) is 39.0 Å². The van der Waals surface area contributed by atoms with E-state index in [0.29, 0.717) is 81.3 Å². The Morgan fingerprint density at radius 1 is 1.00 bits per heavy atom. The van der Waals surface area contributed by atoms with Crippen molar-refractivity contribution < 1.29 is 19.1 Å². The van der Waals surface area contributed by atoms with Crippen LogP contribution in [0.2, 0.25) is 0 Å². The number of carbonyl (C=O) groups excluding carboxylic acids is 2. The van der Waals surface area contributed by atoms with Crippen molar-refractivity contribution in [3.8, 4) is 0 Å². The second-order valence-corrected chi connectivity index (χ2v) is 10.2. The molecule has 12 heteroatoms. The molecule has 200 valence electrons. The highest BCUT2D eigenvalue weighted by Crippen LogP contribution is 2.26. The van der Waals surface area contributed by atoms with Gasteiger partial charge in [0.15, 0.2) is 12.1 Å². The number of morpholine rings is 1. The Hall–Kier alpha value is -4.06. The Kier molecular flexibility index (Phi) is 7.23. The van der Waals surface area contributed by atoms with Gasteiger partial charge in [0.1, 0.15) is 22.6 Å². The summed E-state index contributed by atoms with van der Waals surface area (Å²) in [5.41, 5.74) is 1.47. The van der Waals surface area contributed by atoms with Crippen LogP contribution in [0.25, 0.3) is 10.9 Å². The summed E-state index contributed by atoms with van der Waals surface area (Å²) in [7, 11) is 0. The first-order chi connectivity index (χ1) is 18.3. The first kappa shape index (κ1) is 25.6. The van der Waals surface area contributed by atoms with Crippen molar-refractivity contribution in [2.45, 2.75) is 26.4 Å². The van der Waals surface area contributed by atoms with E-state index >= 15 is 0 Å². The summed E-state index contributed by atoms with van der Waals surface area (Å²) >= 11 is 0. The van der Waals surface area contributed by atoms with Gasteiger partial charge >= 0.3 is 6.09 Å². The second kappa shape index (κ2) is 10.7. The minimum Gasteiger partial charge on any atom is -0.444 e. The molecule has 3 aromatic rings. The van der Waals surface area contributed by atoms with Crippen molar-refractivity contribution >= 4 is 46.6 Å². The first-order valence-electron chi connectivity index (χ1n) is 12.7. The summed E-state index contributed by atoms with van der Waals surface area (Å²) in [5.74, 6) is 1.64. The van der Waals surface area contributed by atoms with E-state index in [4.69, 9.17) is 14.5 Å². The van der Waals surface area contributed by atoms with E-state index in [1.165, 1.54) is 0 Å². The zero-order valence-corrected chi connectivity index (χ0v) is 21.9. The molecule has 5 rings (SSSR count). The molecular formula is C26H32N8O4. The fraction of sp³-hybridized carbons (Fsp3) is 0.462. The maximum absolute atomic E-state index is 12.3. The van der Waals surface area contributed by atoms with Crippen molar-refractivity contribution in [2.75, 3.05) is 67.6 Å². The van der Waals surface area contributed by atoms with E-state index in [9.17, 15) is 9.59 Å². The SMILES string of the molecule is CC(C)(C)OC(=O)N1CCN(c2ccc(Nc3ncc4cc(C=O)nc(N5CCOCC5)c4n3)nc2)CC1. The third-order valence-corrected chi connectivity index (χ3v) is 6.28. The molecule has 1 N–H and O–H groups in total. The Morgan fingerprint density at radius 3 is 2.42 bits per heavy atom. The molecule has 0 spiro atoms. The molecule has 0 bridgehead atoms. The number of rotatable bonds is 5. The third-order valence-electron chi connectivity index (χ3n) is 6.28. The quantitative estimate of drug-likeness (QED) is 0.499. The van der Waals surface area contributed by atoms with Gasteiger partial charge in [0.2, 0.25) is 5.95 Å². The summed E-state index contributed by atoms with van der Waals surface area (Å²) in [6.45, 7) is 10.7. The van der Waals surface area contributed by atoms with Crippen LogP contribution in [0.3, 0.4) is 0 Å². The zero-order chi connectivity index (χ0) is 26.7. The van der Waals surface area contributed by atoms with Gasteiger partial charge in [-0.3, -0.25) is 4.79 Å². The number of aromatic nitrogens is 4. The fourth-order valence-corrected chi connectivity index (χ4v) is 4.39. The van der Waals surface area contributed by atoms with Gasteiger partial charge in [-0.25, -0.2) is 24.7 Å². The van der Waals surface area contributed by atoms with Gasteiger partial charge in [0.25, 0.3) is 0 Å². The van der Waals surface area contributed by atoms with Gasteiger partial charge < -0.3 is 29.5 Å². The predicted molar refractivity (Wildman–Crippen MR) is 143 cm³/mol. The summed E-state index contributed by atoms with van der Waals surface area (Å²) in [6, 6.07) is 5.54. The minimum absolute atomic E-state index is 0.278. The van der Waals surface area contributed by atoms with E-state index in [1.54, 1.807) is 23.4 Å². The normalized spacial score (nSPS) is 16.4. The minimum atomic E-state index is -0.505. The number of nitrogens with zero attached hydrogens (tertiary/aromatic N) is 7. The van der Waals surface area contributed by atoms with Crippen molar-refractivity contribution in [1.82, 2.24) is 24.8 Å². The average molecular weight is 521 g/mol. The van der Waals surface area contributed by atoms with E-state index in [2.05, 4.69) is 30.1 Å². The number of fused-ring (bicyclic) bond motifs is 1. The van der Waals surface area contributed by atoms with Gasteiger partial charge in [-0.15, -0.1) is 0 Å². The summed E-state index contributed by atoms with van der Waals surface area (Å²) in [4.78, 5) is 47.9. The molecule has 0 aromatic carbocycles. The van der Waals surface area contributed by atoms with Gasteiger partial charge in [0.05, 0.1) is 25.1 Å². The van der Waals surface area contributed by atoms with E-state index in [1.807, 2.05) is 32.9 Å². The molecule has 2 aliphatic rings. The molecule has 1 amide bonds. The average Bonchev–Trinajstić information content (AvgIpc) is 2.92. The van der Waals surface area contributed by atoms with Crippen LogP contribution in [-0.2, 0) is 9.47 Å². The highest BCUT2D eigenvalue weighted by Gasteiger charge is 2.26. The molecule has 38 heavy (non-hydrogen) atoms. The van der Waals surface area contributed by atoms with E-state index in [-0.39, 0.29) is 6.09 Å². The van der Waals surface area contributed by atoms with Crippen molar-refractivity contribution in [2.24, 2.45) is 0 Å². The largest absolute Gasteiger partial charge is 0.444 e. The number of carbonyl (C=O) groups is 2. The van der Waals surface area contributed by atoms with Gasteiger partial charge in [-0.2, -0.15) is 0 Å². The molecule has 0 atom stereocenters. The molecule has 5 heterocycles. The van der Waals surface area contributed by atoms with Crippen LogP contribution < -0.4 is 15.1 Å². The number of amides is 1. The molecule has 0 saturated carbocycles. The van der Waals surface area contributed by atoms with Crippen LogP contribution in [0.5, 0.6) is 0 Å². The molecule has 2 aliphatic heterocycles. The van der Waals surface area contributed by atoms with Crippen LogP contribution in [0.1, 0.15) is 31.3 Å². The maximum atomic E-state index is 12.3. The van der Waals surface area contributed by atoms with Crippen LogP contribution >= 0.6 is 0 Å². The molecule has 0 radical (unpaired) electrons. The number of pyridine rings is 2. The molecule has 3 aromatic heterocycles. The lowest BCUT2D eigenvalue weighted by Gasteiger charge is -2.36. The molecule has 2 fully saturated rings. The fourth-order valence-electron chi connectivity index (χ4n) is 4.39. The number of anilines is 4. The van der Waals surface area contributed by atoms with Crippen molar-refractivity contribution in [3.63, 3.8) is 0 Å². The van der Waals surface area contributed by atoms with E-state index in [0.717, 1.165) is 17.4 Å². The number of hydrogen-bond acceptors (Lipinski definition) is 11. The Balaban J connectivity index is 1.26. The van der Waals surface area contributed by atoms with Crippen molar-refractivity contribution in [3.05, 3.63) is 36.3 Å². The maximum Gasteiger partial charge on any atom is 0.410 e. The first-order valence-corrected chi connectivity index (χ1v) is 12.7. The van der Waals surface area contributed by atoms with Crippen LogP contribution in [0, 0.1) is 0 Å². The highest BCUT2D eigenvalue weighted by molar-refractivity contribution is 5.93. The second-order valence-electron chi connectivity index (χ2n) is 10.2. The van der Waals surface area contributed by atoms with Crippen LogP contribution in [0.15, 0.2) is 30.6 Å². The zero-order valence-electron chi connectivity index (χ0n) is 21.9. The summed E-state index contributed by atoms with van der Waals surface area (Å²) < 4.78 is 10.9. The summed E-state index contributed by atoms with van der Waals surface area (Å²) in [6.07, 6.45) is 3.93. The lowest BCUT2D eigenvalue weighted by Crippen LogP contribution is -2.50. The lowest BCUT2D eigenvalue weighted by atomic mass is 10.2. The number of ether oxygens (including phenoxy) is 2. The molecular weight excluding hydrogens is 488 g/mol. The standard InChI is InChI=1S/C26H32N8O4/c1-26(2,3)38-25(36)34-8-6-32(7-9-34)20-4-5-21(27-16-20)30-24-28-15-18-14-19(17-35)29-23(22(18)31-24)33-10-12-37-13-11-33/h4-5,14-17H,6-13H2,1-3H3,(H,27,28,30,31). The topological polar surface area (TPSA) is 126 Å². The lowest BCUT2D eigenvalue weighted by molar-refractivity contribution is 0.0240. The predicted octanol–water partition coefficient (Wildman–Crippen LogP) is 2.87. The summed E-state index contributed by atoms with van der Waals surface area (Å²) in [5, 5.41) is 3.91. The van der Waals surface area contributed by atoms with Crippen molar-refractivity contribution in [1.29, 1.82) is 0 Å². The molecule has 2 saturated heterocycles. The number of piperazine rings is 1. The Bertz CT molecular complexity index is 1300. The molecule has 12 nitrogen and oxygen atoms in total. The number of aldehydes is 1. The third kappa shape index (κ3) is 5.91. The van der Waals surface area contributed by atoms with Gasteiger partial charge in [-0.1, -0.05) is 0 Å². The number of nitrogens with one attached hydrogen (secondary N) is 1. The Labute approximate surface area is 221 Å². The molecule has 0 aliphatic carbocycles.